The van der Waals surface area contributed by atoms with Gasteiger partial charge in [-0.3, -0.25) is 0 Å². The van der Waals surface area contributed by atoms with E-state index in [1.54, 1.807) is 0 Å². The lowest BCUT2D eigenvalue weighted by molar-refractivity contribution is 0.192. The highest BCUT2D eigenvalue weighted by atomic mass is 16.5. The second-order valence-corrected chi connectivity index (χ2v) is 6.75. The van der Waals surface area contributed by atoms with E-state index >= 15 is 0 Å². The molecule has 0 spiro atoms. The fourth-order valence-electron chi connectivity index (χ4n) is 3.62. The third-order valence-corrected chi connectivity index (χ3v) is 4.96. The molecule has 0 saturated carbocycles. The van der Waals surface area contributed by atoms with Gasteiger partial charge in [0, 0.05) is 19.5 Å². The topological polar surface area (TPSA) is 50.8 Å². The van der Waals surface area contributed by atoms with Crippen molar-refractivity contribution in [1.29, 1.82) is 0 Å². The number of fused-ring (bicyclic) bond motifs is 1. The summed E-state index contributed by atoms with van der Waals surface area (Å²) in [5.41, 5.74) is 2.22. The molecule has 0 radical (unpaired) electrons. The van der Waals surface area contributed by atoms with Crippen LogP contribution in [-0.4, -0.2) is 30.7 Å². The van der Waals surface area contributed by atoms with Crippen LogP contribution in [0.15, 0.2) is 48.5 Å². The van der Waals surface area contributed by atoms with Gasteiger partial charge in [-0.1, -0.05) is 36.4 Å². The number of urea groups is 1. The van der Waals surface area contributed by atoms with Gasteiger partial charge in [0.15, 0.2) is 11.5 Å². The summed E-state index contributed by atoms with van der Waals surface area (Å²) < 4.78 is 11.5. The van der Waals surface area contributed by atoms with Gasteiger partial charge >= 0.3 is 6.03 Å². The third kappa shape index (κ3) is 3.62. The molecule has 0 aromatic heterocycles. The van der Waals surface area contributed by atoms with Crippen molar-refractivity contribution in [2.45, 2.75) is 31.8 Å². The first-order valence-electron chi connectivity index (χ1n) is 9.29. The number of likely N-dealkylation sites (tertiary alicyclic amines) is 1. The number of amides is 2. The Balaban J connectivity index is 1.46. The molecule has 26 heavy (non-hydrogen) atoms. The Kier molecular flexibility index (Phi) is 4.95. The number of carbonyl (C=O) groups is 1. The predicted molar refractivity (Wildman–Crippen MR) is 99.4 cm³/mol. The summed E-state index contributed by atoms with van der Waals surface area (Å²) in [6, 6.07) is 16.1. The maximum Gasteiger partial charge on any atom is 0.318 e. The van der Waals surface area contributed by atoms with Crippen LogP contribution in [0.2, 0.25) is 0 Å². The largest absolute Gasteiger partial charge is 0.490 e. The minimum atomic E-state index is -0.0107. The van der Waals surface area contributed by atoms with Gasteiger partial charge in [0.25, 0.3) is 0 Å². The van der Waals surface area contributed by atoms with E-state index in [1.165, 1.54) is 0 Å². The molecule has 1 saturated heterocycles. The summed E-state index contributed by atoms with van der Waals surface area (Å²) in [4.78, 5) is 14.6. The maximum absolute atomic E-state index is 12.7. The van der Waals surface area contributed by atoms with Gasteiger partial charge < -0.3 is 19.7 Å². The van der Waals surface area contributed by atoms with E-state index in [1.807, 2.05) is 47.4 Å². The van der Waals surface area contributed by atoms with Crippen LogP contribution in [0.25, 0.3) is 0 Å². The number of ether oxygens (including phenoxy) is 2. The van der Waals surface area contributed by atoms with Gasteiger partial charge in [-0.25, -0.2) is 4.79 Å². The van der Waals surface area contributed by atoms with Crippen LogP contribution in [0, 0.1) is 0 Å². The number of hydrogen-bond acceptors (Lipinski definition) is 3. The summed E-state index contributed by atoms with van der Waals surface area (Å²) in [5, 5.41) is 3.04. The highest BCUT2D eigenvalue weighted by Crippen LogP contribution is 2.37. The average molecular weight is 352 g/mol. The number of nitrogens with one attached hydrogen (secondary N) is 1. The van der Waals surface area contributed by atoms with Crippen LogP contribution in [0.3, 0.4) is 0 Å². The highest BCUT2D eigenvalue weighted by Gasteiger charge is 2.30. The summed E-state index contributed by atoms with van der Waals surface area (Å²) >= 11 is 0. The Morgan fingerprint density at radius 1 is 1.04 bits per heavy atom. The van der Waals surface area contributed by atoms with Crippen LogP contribution < -0.4 is 14.8 Å². The van der Waals surface area contributed by atoms with E-state index in [9.17, 15) is 4.79 Å². The first kappa shape index (κ1) is 16.8. The second kappa shape index (κ2) is 7.68. The molecular formula is C21H24N2O3. The zero-order valence-electron chi connectivity index (χ0n) is 14.8. The molecule has 0 aliphatic carbocycles. The molecule has 0 unspecified atom stereocenters. The predicted octanol–water partition coefficient (Wildman–Crippen LogP) is 3.89. The molecule has 2 heterocycles. The molecule has 4 rings (SSSR count). The lowest BCUT2D eigenvalue weighted by Crippen LogP contribution is -2.39. The van der Waals surface area contributed by atoms with E-state index in [-0.39, 0.29) is 12.1 Å². The Morgan fingerprint density at radius 3 is 2.69 bits per heavy atom. The standard InChI is InChI=1S/C21H24N2O3/c24-21(22-15-16-6-2-1-3-7-16)23-11-4-8-18(23)17-9-10-19-20(14-17)26-13-5-12-25-19/h1-3,6-7,9-10,14,18H,4-5,8,11-13,15H2,(H,22,24)/t18-/m0/s1. The molecule has 136 valence electrons. The quantitative estimate of drug-likeness (QED) is 0.912. The van der Waals surface area contributed by atoms with Gasteiger partial charge in [0.2, 0.25) is 0 Å². The molecule has 5 heteroatoms. The van der Waals surface area contributed by atoms with Gasteiger partial charge in [0.1, 0.15) is 0 Å². The lowest BCUT2D eigenvalue weighted by Gasteiger charge is -2.26. The van der Waals surface area contributed by atoms with Crippen LogP contribution >= 0.6 is 0 Å². The molecule has 1 atom stereocenters. The van der Waals surface area contributed by atoms with Crippen molar-refractivity contribution in [3.8, 4) is 11.5 Å². The normalized spacial score (nSPS) is 19.1. The summed E-state index contributed by atoms with van der Waals surface area (Å²) in [5.74, 6) is 1.58. The molecule has 5 nitrogen and oxygen atoms in total. The van der Waals surface area contributed by atoms with Crippen molar-refractivity contribution in [2.75, 3.05) is 19.8 Å². The number of nitrogens with zero attached hydrogens (tertiary/aromatic N) is 1. The molecule has 2 aromatic rings. The summed E-state index contributed by atoms with van der Waals surface area (Å²) in [6.07, 6.45) is 2.87. The van der Waals surface area contributed by atoms with Crippen molar-refractivity contribution in [1.82, 2.24) is 10.2 Å². The molecule has 1 N–H and O–H groups in total. The Hall–Kier alpha value is -2.69. The van der Waals surface area contributed by atoms with Crippen LogP contribution in [0.1, 0.15) is 36.4 Å². The first-order chi connectivity index (χ1) is 12.8. The summed E-state index contributed by atoms with van der Waals surface area (Å²) in [7, 11) is 0. The number of benzene rings is 2. The van der Waals surface area contributed by atoms with Crippen LogP contribution in [-0.2, 0) is 6.54 Å². The molecule has 2 amide bonds. The van der Waals surface area contributed by atoms with Gasteiger partial charge in [-0.05, 0) is 36.1 Å². The highest BCUT2D eigenvalue weighted by molar-refractivity contribution is 5.75. The molecule has 2 aliphatic heterocycles. The zero-order valence-corrected chi connectivity index (χ0v) is 14.8. The van der Waals surface area contributed by atoms with E-state index in [0.717, 1.165) is 48.4 Å². The zero-order chi connectivity index (χ0) is 17.8. The summed E-state index contributed by atoms with van der Waals surface area (Å²) in [6.45, 7) is 2.68. The van der Waals surface area contributed by atoms with Crippen molar-refractivity contribution < 1.29 is 14.3 Å². The molecule has 0 bridgehead atoms. The van der Waals surface area contributed by atoms with Crippen molar-refractivity contribution in [2.24, 2.45) is 0 Å². The van der Waals surface area contributed by atoms with Crippen LogP contribution in [0.4, 0.5) is 4.79 Å². The lowest BCUT2D eigenvalue weighted by atomic mass is 10.0. The van der Waals surface area contributed by atoms with Gasteiger partial charge in [-0.15, -0.1) is 0 Å². The second-order valence-electron chi connectivity index (χ2n) is 6.75. The van der Waals surface area contributed by atoms with E-state index in [4.69, 9.17) is 9.47 Å². The fourth-order valence-corrected chi connectivity index (χ4v) is 3.62. The number of hydrogen-bond donors (Lipinski definition) is 1. The van der Waals surface area contributed by atoms with E-state index in [2.05, 4.69) is 11.4 Å². The van der Waals surface area contributed by atoms with E-state index < -0.39 is 0 Å². The van der Waals surface area contributed by atoms with Crippen LogP contribution in [0.5, 0.6) is 11.5 Å². The van der Waals surface area contributed by atoms with Crippen molar-refractivity contribution >= 4 is 6.03 Å². The smallest absolute Gasteiger partial charge is 0.318 e. The Bertz CT molecular complexity index is 763. The average Bonchev–Trinajstić information content (AvgIpc) is 3.06. The molecular weight excluding hydrogens is 328 g/mol. The van der Waals surface area contributed by atoms with Gasteiger partial charge in [0.05, 0.1) is 19.3 Å². The first-order valence-corrected chi connectivity index (χ1v) is 9.29. The number of carbonyl (C=O) groups excluding carboxylic acids is 1. The fraction of sp³-hybridized carbons (Fsp3) is 0.381. The molecule has 2 aromatic carbocycles. The molecule has 2 aliphatic rings. The van der Waals surface area contributed by atoms with Gasteiger partial charge in [-0.2, -0.15) is 0 Å². The SMILES string of the molecule is O=C(NCc1ccccc1)N1CCC[C@H]1c1ccc2c(c1)OCCCO2. The Labute approximate surface area is 153 Å². The number of rotatable bonds is 3. The van der Waals surface area contributed by atoms with E-state index in [0.29, 0.717) is 19.8 Å². The van der Waals surface area contributed by atoms with Crippen molar-refractivity contribution in [3.63, 3.8) is 0 Å². The van der Waals surface area contributed by atoms with Crippen molar-refractivity contribution in [3.05, 3.63) is 59.7 Å². The minimum Gasteiger partial charge on any atom is -0.490 e. The third-order valence-electron chi connectivity index (χ3n) is 4.96. The molecule has 1 fully saturated rings. The Morgan fingerprint density at radius 2 is 1.85 bits per heavy atom. The maximum atomic E-state index is 12.7. The monoisotopic (exact) mass is 352 g/mol. The minimum absolute atomic E-state index is 0.0107.